The molecule has 1 aromatic heterocycles. The number of amides is 1. The topological polar surface area (TPSA) is 42.2 Å². The van der Waals surface area contributed by atoms with Gasteiger partial charge in [0.05, 0.1) is 17.4 Å². The molecule has 0 atom stereocenters. The highest BCUT2D eigenvalue weighted by atomic mass is 19.1. The van der Waals surface area contributed by atoms with E-state index >= 15 is 0 Å². The third kappa shape index (κ3) is 1.79. The molecule has 18 heavy (non-hydrogen) atoms. The Labute approximate surface area is 104 Å². The van der Waals surface area contributed by atoms with E-state index in [1.165, 1.54) is 18.6 Å². The molecule has 1 N–H and O–H groups in total. The molecule has 1 aliphatic rings. The third-order valence-corrected chi connectivity index (χ3v) is 3.28. The summed E-state index contributed by atoms with van der Waals surface area (Å²) < 4.78 is 18.6. The lowest BCUT2D eigenvalue weighted by Crippen LogP contribution is -2.35. The number of benzene rings is 1. The summed E-state index contributed by atoms with van der Waals surface area (Å²) in [5.41, 5.74) is 0.471. The van der Waals surface area contributed by atoms with Crippen LogP contribution in [-0.4, -0.2) is 5.91 Å². The maximum absolute atomic E-state index is 13.7. The predicted molar refractivity (Wildman–Crippen MR) is 63.5 cm³/mol. The second-order valence-electron chi connectivity index (χ2n) is 4.53. The summed E-state index contributed by atoms with van der Waals surface area (Å²) in [7, 11) is 0. The third-order valence-electron chi connectivity index (χ3n) is 3.28. The monoisotopic (exact) mass is 245 g/mol. The van der Waals surface area contributed by atoms with Crippen LogP contribution in [0.2, 0.25) is 0 Å². The van der Waals surface area contributed by atoms with E-state index in [1.807, 2.05) is 0 Å². The average molecular weight is 245 g/mol. The first-order valence-corrected chi connectivity index (χ1v) is 5.81. The number of carbonyl (C=O) groups is 1. The second kappa shape index (κ2) is 3.98. The molecule has 0 spiro atoms. The average Bonchev–Trinajstić information content (AvgIpc) is 2.94. The maximum atomic E-state index is 13.7. The van der Waals surface area contributed by atoms with Crippen LogP contribution >= 0.6 is 0 Å². The van der Waals surface area contributed by atoms with Gasteiger partial charge >= 0.3 is 0 Å². The Bertz CT molecular complexity index is 573. The van der Waals surface area contributed by atoms with Gasteiger partial charge in [-0.3, -0.25) is 4.79 Å². The Hall–Kier alpha value is -2.10. The highest BCUT2D eigenvalue weighted by molar-refractivity contribution is 5.94. The van der Waals surface area contributed by atoms with Crippen molar-refractivity contribution in [3.8, 4) is 0 Å². The molecule has 3 nitrogen and oxygen atoms in total. The van der Waals surface area contributed by atoms with E-state index in [-0.39, 0.29) is 11.7 Å². The largest absolute Gasteiger partial charge is 0.472 e. The summed E-state index contributed by atoms with van der Waals surface area (Å²) in [6.07, 6.45) is 4.35. The number of halogens is 1. The van der Waals surface area contributed by atoms with Gasteiger partial charge in [0, 0.05) is 5.56 Å². The summed E-state index contributed by atoms with van der Waals surface area (Å²) in [6.45, 7) is 0. The van der Waals surface area contributed by atoms with Crippen molar-refractivity contribution in [3.63, 3.8) is 0 Å². The molecule has 0 bridgehead atoms. The van der Waals surface area contributed by atoms with Crippen molar-refractivity contribution in [3.05, 3.63) is 59.8 Å². The van der Waals surface area contributed by atoms with Crippen LogP contribution in [0.25, 0.3) is 0 Å². The van der Waals surface area contributed by atoms with Gasteiger partial charge < -0.3 is 9.73 Å². The Morgan fingerprint density at radius 3 is 2.67 bits per heavy atom. The molecule has 1 fully saturated rings. The van der Waals surface area contributed by atoms with Gasteiger partial charge in [-0.1, -0.05) is 18.2 Å². The van der Waals surface area contributed by atoms with Crippen LogP contribution in [0.15, 0.2) is 47.3 Å². The molecule has 1 saturated carbocycles. The van der Waals surface area contributed by atoms with Gasteiger partial charge in [-0.15, -0.1) is 0 Å². The number of rotatable bonds is 3. The van der Waals surface area contributed by atoms with Crippen molar-refractivity contribution in [2.45, 2.75) is 18.4 Å². The maximum Gasteiger partial charge on any atom is 0.255 e. The lowest BCUT2D eigenvalue weighted by molar-refractivity contribution is 0.0929. The minimum Gasteiger partial charge on any atom is -0.472 e. The summed E-state index contributed by atoms with van der Waals surface area (Å²) in [4.78, 5) is 12.0. The molecular formula is C14H12FNO2. The van der Waals surface area contributed by atoms with Crippen molar-refractivity contribution in [2.75, 3.05) is 0 Å². The van der Waals surface area contributed by atoms with Crippen LogP contribution in [0, 0.1) is 5.82 Å². The fraction of sp³-hybridized carbons (Fsp3) is 0.214. The summed E-state index contributed by atoms with van der Waals surface area (Å²) in [6, 6.07) is 8.15. The molecule has 92 valence electrons. The van der Waals surface area contributed by atoms with Crippen molar-refractivity contribution >= 4 is 5.91 Å². The highest BCUT2D eigenvalue weighted by Crippen LogP contribution is 2.46. The molecule has 1 aliphatic carbocycles. The van der Waals surface area contributed by atoms with Crippen molar-refractivity contribution in [1.82, 2.24) is 5.32 Å². The zero-order valence-electron chi connectivity index (χ0n) is 9.65. The first kappa shape index (κ1) is 11.0. The SMILES string of the molecule is O=C(NC1(c2ccccc2F)CC1)c1ccoc1. The molecule has 1 amide bonds. The number of hydrogen-bond acceptors (Lipinski definition) is 2. The Kier molecular flexibility index (Phi) is 2.44. The first-order chi connectivity index (χ1) is 8.71. The van der Waals surface area contributed by atoms with Crippen LogP contribution in [0.5, 0.6) is 0 Å². The molecule has 0 radical (unpaired) electrons. The molecule has 2 aromatic rings. The van der Waals surface area contributed by atoms with Crippen LogP contribution in [0.1, 0.15) is 28.8 Å². The number of hydrogen-bond donors (Lipinski definition) is 1. The van der Waals surface area contributed by atoms with E-state index in [2.05, 4.69) is 5.32 Å². The number of nitrogens with one attached hydrogen (secondary N) is 1. The smallest absolute Gasteiger partial charge is 0.255 e. The molecule has 0 aliphatic heterocycles. The molecule has 0 saturated heterocycles. The van der Waals surface area contributed by atoms with Gasteiger partial charge in [-0.25, -0.2) is 4.39 Å². The minimum atomic E-state index is -0.542. The number of furan rings is 1. The Morgan fingerprint density at radius 2 is 2.06 bits per heavy atom. The zero-order chi connectivity index (χ0) is 12.6. The fourth-order valence-corrected chi connectivity index (χ4v) is 2.12. The molecular weight excluding hydrogens is 233 g/mol. The van der Waals surface area contributed by atoms with Crippen LogP contribution in [0.4, 0.5) is 4.39 Å². The van der Waals surface area contributed by atoms with Gasteiger partial charge in [0.25, 0.3) is 5.91 Å². The van der Waals surface area contributed by atoms with E-state index < -0.39 is 5.54 Å². The lowest BCUT2D eigenvalue weighted by atomic mass is 10.0. The second-order valence-corrected chi connectivity index (χ2v) is 4.53. The van der Waals surface area contributed by atoms with Crippen LogP contribution in [0.3, 0.4) is 0 Å². The summed E-state index contributed by atoms with van der Waals surface area (Å²) >= 11 is 0. The Morgan fingerprint density at radius 1 is 1.28 bits per heavy atom. The fourth-order valence-electron chi connectivity index (χ4n) is 2.12. The first-order valence-electron chi connectivity index (χ1n) is 5.81. The van der Waals surface area contributed by atoms with Gasteiger partial charge in [0.1, 0.15) is 12.1 Å². The van der Waals surface area contributed by atoms with Gasteiger partial charge in [-0.05, 0) is 25.0 Å². The van der Waals surface area contributed by atoms with Crippen molar-refractivity contribution in [1.29, 1.82) is 0 Å². The highest BCUT2D eigenvalue weighted by Gasteiger charge is 2.47. The van der Waals surface area contributed by atoms with Gasteiger partial charge in [-0.2, -0.15) is 0 Å². The van der Waals surface area contributed by atoms with E-state index in [0.29, 0.717) is 11.1 Å². The minimum absolute atomic E-state index is 0.232. The van der Waals surface area contributed by atoms with E-state index in [4.69, 9.17) is 4.42 Å². The van der Waals surface area contributed by atoms with Crippen molar-refractivity contribution < 1.29 is 13.6 Å². The van der Waals surface area contributed by atoms with E-state index in [0.717, 1.165) is 12.8 Å². The summed E-state index contributed by atoms with van der Waals surface area (Å²) in [5.74, 6) is -0.507. The zero-order valence-corrected chi connectivity index (χ0v) is 9.65. The number of carbonyl (C=O) groups excluding carboxylic acids is 1. The van der Waals surface area contributed by atoms with Crippen LogP contribution < -0.4 is 5.32 Å². The molecule has 3 rings (SSSR count). The molecule has 1 heterocycles. The normalized spacial score (nSPS) is 16.3. The molecule has 4 heteroatoms. The Balaban J connectivity index is 1.85. The van der Waals surface area contributed by atoms with Crippen molar-refractivity contribution in [2.24, 2.45) is 0 Å². The van der Waals surface area contributed by atoms with Gasteiger partial charge in [0.15, 0.2) is 0 Å². The molecule has 1 aromatic carbocycles. The molecule has 0 unspecified atom stereocenters. The van der Waals surface area contributed by atoms with E-state index in [9.17, 15) is 9.18 Å². The van der Waals surface area contributed by atoms with Gasteiger partial charge in [0.2, 0.25) is 0 Å². The lowest BCUT2D eigenvalue weighted by Gasteiger charge is -2.18. The quantitative estimate of drug-likeness (QED) is 0.903. The van der Waals surface area contributed by atoms with Crippen LogP contribution in [-0.2, 0) is 5.54 Å². The standard InChI is InChI=1S/C14H12FNO2/c15-12-4-2-1-3-11(12)14(6-7-14)16-13(17)10-5-8-18-9-10/h1-5,8-9H,6-7H2,(H,16,17). The predicted octanol–water partition coefficient (Wildman–Crippen LogP) is 2.84. The van der Waals surface area contributed by atoms with E-state index in [1.54, 1.807) is 24.3 Å². The summed E-state index contributed by atoms with van der Waals surface area (Å²) in [5, 5.41) is 2.89.